The van der Waals surface area contributed by atoms with Crippen molar-refractivity contribution in [2.45, 2.75) is 37.5 Å². The number of hydrogen-bond donors (Lipinski definition) is 1. The van der Waals surface area contributed by atoms with Gasteiger partial charge in [-0.2, -0.15) is 0 Å². The molecule has 0 bridgehead atoms. The topological polar surface area (TPSA) is 60.5 Å². The molecular formula is C24H22N2O3S. The zero-order valence-electron chi connectivity index (χ0n) is 16.6. The summed E-state index contributed by atoms with van der Waals surface area (Å²) in [6, 6.07) is 18.1. The lowest BCUT2D eigenvalue weighted by molar-refractivity contribution is -0.118. The summed E-state index contributed by atoms with van der Waals surface area (Å²) in [4.78, 5) is 15.7. The third kappa shape index (κ3) is 3.75. The van der Waals surface area contributed by atoms with Crippen molar-refractivity contribution in [3.8, 4) is 17.2 Å². The van der Waals surface area contributed by atoms with E-state index < -0.39 is 0 Å². The van der Waals surface area contributed by atoms with E-state index in [1.54, 1.807) is 6.20 Å². The summed E-state index contributed by atoms with van der Waals surface area (Å²) in [5.41, 5.74) is 4.40. The van der Waals surface area contributed by atoms with Gasteiger partial charge in [-0.25, -0.2) is 0 Å². The standard InChI is InChI=1S/C24H22N2O3S/c1-15-20(6-3-13-25-15)29-21-5-2-4-18-19(21)11-12-22(18)28-17-9-7-16(8-10-17)23-14-24(27)26-30-23/h2-10,13,22-23H,11-12,14H2,1H3,(H,26,27)/t22-,23?/m1/s1. The quantitative estimate of drug-likeness (QED) is 0.558. The van der Waals surface area contributed by atoms with Crippen molar-refractivity contribution >= 4 is 17.9 Å². The minimum absolute atomic E-state index is 0.00787. The first-order valence-corrected chi connectivity index (χ1v) is 11.0. The number of pyridine rings is 1. The molecule has 1 aliphatic heterocycles. The summed E-state index contributed by atoms with van der Waals surface area (Å²) < 4.78 is 15.3. The highest BCUT2D eigenvalue weighted by Gasteiger charge is 2.28. The Balaban J connectivity index is 1.32. The van der Waals surface area contributed by atoms with E-state index in [1.165, 1.54) is 23.1 Å². The van der Waals surface area contributed by atoms with Gasteiger partial charge in [-0.1, -0.05) is 24.3 Å². The average Bonchev–Trinajstić information content (AvgIpc) is 3.37. The van der Waals surface area contributed by atoms with Crippen LogP contribution >= 0.6 is 11.9 Å². The van der Waals surface area contributed by atoms with Crippen molar-refractivity contribution in [2.75, 3.05) is 0 Å². The van der Waals surface area contributed by atoms with Gasteiger partial charge in [0.15, 0.2) is 0 Å². The molecule has 6 heteroatoms. The number of hydrogen-bond acceptors (Lipinski definition) is 5. The zero-order valence-corrected chi connectivity index (χ0v) is 17.4. The summed E-state index contributed by atoms with van der Waals surface area (Å²) in [6.45, 7) is 1.95. The normalized spacial score (nSPS) is 20.0. The smallest absolute Gasteiger partial charge is 0.231 e. The van der Waals surface area contributed by atoms with Crippen molar-refractivity contribution in [2.24, 2.45) is 0 Å². The molecule has 152 valence electrons. The molecule has 0 radical (unpaired) electrons. The number of ether oxygens (including phenoxy) is 2. The van der Waals surface area contributed by atoms with E-state index in [1.807, 2.05) is 55.5 Å². The lowest BCUT2D eigenvalue weighted by Crippen LogP contribution is -2.05. The van der Waals surface area contributed by atoms with Gasteiger partial charge in [0, 0.05) is 18.2 Å². The predicted molar refractivity (Wildman–Crippen MR) is 117 cm³/mol. The van der Waals surface area contributed by atoms with E-state index in [-0.39, 0.29) is 17.3 Å². The first kappa shape index (κ1) is 19.0. The second-order valence-electron chi connectivity index (χ2n) is 7.56. The summed E-state index contributed by atoms with van der Waals surface area (Å²) in [6.07, 6.45) is 4.14. The molecule has 5 nitrogen and oxygen atoms in total. The van der Waals surface area contributed by atoms with E-state index in [2.05, 4.69) is 15.8 Å². The predicted octanol–water partition coefficient (Wildman–Crippen LogP) is 5.46. The van der Waals surface area contributed by atoms with Crippen molar-refractivity contribution in [3.05, 3.63) is 83.2 Å². The lowest BCUT2D eigenvalue weighted by atomic mass is 10.1. The summed E-state index contributed by atoms with van der Waals surface area (Å²) in [5, 5.41) is 0.175. The summed E-state index contributed by atoms with van der Waals surface area (Å²) in [7, 11) is 0. The van der Waals surface area contributed by atoms with Gasteiger partial charge >= 0.3 is 0 Å². The van der Waals surface area contributed by atoms with Gasteiger partial charge in [0.25, 0.3) is 0 Å². The maximum absolute atomic E-state index is 11.4. The Labute approximate surface area is 180 Å². The van der Waals surface area contributed by atoms with Gasteiger partial charge in [0.1, 0.15) is 23.4 Å². The van der Waals surface area contributed by atoms with Crippen LogP contribution in [0.3, 0.4) is 0 Å². The first-order valence-electron chi connectivity index (χ1n) is 10.1. The van der Waals surface area contributed by atoms with Crippen molar-refractivity contribution in [1.29, 1.82) is 0 Å². The fraction of sp³-hybridized carbons (Fsp3) is 0.250. The molecule has 1 fully saturated rings. The van der Waals surface area contributed by atoms with Gasteiger partial charge in [0.2, 0.25) is 5.91 Å². The second-order valence-corrected chi connectivity index (χ2v) is 8.57. The van der Waals surface area contributed by atoms with Gasteiger partial charge in [0.05, 0.1) is 10.9 Å². The number of amides is 1. The number of aromatic nitrogens is 1. The molecule has 0 spiro atoms. The largest absolute Gasteiger partial charge is 0.486 e. The zero-order chi connectivity index (χ0) is 20.5. The molecule has 1 amide bonds. The Morgan fingerprint density at radius 2 is 1.90 bits per heavy atom. The number of carbonyl (C=O) groups is 1. The van der Waals surface area contributed by atoms with Gasteiger partial charge in [-0.15, -0.1) is 0 Å². The highest BCUT2D eigenvalue weighted by molar-refractivity contribution is 7.98. The first-order chi connectivity index (χ1) is 14.7. The molecule has 1 N–H and O–H groups in total. The van der Waals surface area contributed by atoms with Crippen LogP contribution in [0.4, 0.5) is 0 Å². The number of nitrogens with one attached hydrogen (secondary N) is 1. The molecule has 1 saturated heterocycles. The van der Waals surface area contributed by atoms with Crippen LogP contribution in [0.15, 0.2) is 60.8 Å². The Kier molecular flexibility index (Phi) is 5.09. The van der Waals surface area contributed by atoms with Crippen LogP contribution in [0.1, 0.15) is 46.6 Å². The molecule has 1 aromatic heterocycles. The molecule has 5 rings (SSSR count). The van der Waals surface area contributed by atoms with Gasteiger partial charge in [-0.05, 0) is 73.2 Å². The molecule has 1 aliphatic carbocycles. The Morgan fingerprint density at radius 1 is 1.07 bits per heavy atom. The number of rotatable bonds is 5. The SMILES string of the molecule is Cc1ncccc1Oc1cccc2c1CC[C@H]2Oc1ccc(C2CC(=O)NS2)cc1. The van der Waals surface area contributed by atoms with Crippen molar-refractivity contribution < 1.29 is 14.3 Å². The molecule has 2 heterocycles. The molecule has 0 saturated carbocycles. The Morgan fingerprint density at radius 3 is 2.67 bits per heavy atom. The molecule has 1 unspecified atom stereocenters. The van der Waals surface area contributed by atoms with E-state index in [4.69, 9.17) is 9.47 Å². The number of benzene rings is 2. The third-order valence-corrected chi connectivity index (χ3v) is 6.64. The Hall–Kier alpha value is -2.99. The molecule has 30 heavy (non-hydrogen) atoms. The highest BCUT2D eigenvalue weighted by atomic mass is 32.2. The van der Waals surface area contributed by atoms with Crippen LogP contribution in [-0.2, 0) is 11.2 Å². The molecule has 2 aliphatic rings. The second kappa shape index (κ2) is 8.03. The maximum Gasteiger partial charge on any atom is 0.231 e. The molecule has 3 aromatic rings. The van der Waals surface area contributed by atoms with Gasteiger partial charge < -0.3 is 9.47 Å². The van der Waals surface area contributed by atoms with E-state index in [9.17, 15) is 4.79 Å². The van der Waals surface area contributed by atoms with Crippen LogP contribution < -0.4 is 14.2 Å². The number of aryl methyl sites for hydroxylation is 1. The van der Waals surface area contributed by atoms with E-state index in [0.29, 0.717) is 6.42 Å². The van der Waals surface area contributed by atoms with Crippen LogP contribution in [0.2, 0.25) is 0 Å². The fourth-order valence-corrected chi connectivity index (χ4v) is 4.88. The number of nitrogens with zero attached hydrogens (tertiary/aromatic N) is 1. The monoisotopic (exact) mass is 418 g/mol. The lowest BCUT2D eigenvalue weighted by Gasteiger charge is -2.17. The fourth-order valence-electron chi connectivity index (χ4n) is 4.00. The third-order valence-electron chi connectivity index (χ3n) is 5.57. The summed E-state index contributed by atoms with van der Waals surface area (Å²) >= 11 is 1.48. The summed E-state index contributed by atoms with van der Waals surface area (Å²) in [5.74, 6) is 2.59. The Bertz CT molecular complexity index is 1080. The van der Waals surface area contributed by atoms with Crippen molar-refractivity contribution in [1.82, 2.24) is 9.71 Å². The van der Waals surface area contributed by atoms with E-state index >= 15 is 0 Å². The van der Waals surface area contributed by atoms with Crippen molar-refractivity contribution in [3.63, 3.8) is 0 Å². The highest BCUT2D eigenvalue weighted by Crippen LogP contribution is 2.41. The van der Waals surface area contributed by atoms with Crippen LogP contribution in [-0.4, -0.2) is 10.9 Å². The van der Waals surface area contributed by atoms with Crippen LogP contribution in [0.5, 0.6) is 17.2 Å². The van der Waals surface area contributed by atoms with E-state index in [0.717, 1.165) is 41.3 Å². The van der Waals surface area contributed by atoms with Crippen LogP contribution in [0.25, 0.3) is 0 Å². The molecular weight excluding hydrogens is 396 g/mol. The minimum atomic E-state index is 0.00787. The van der Waals surface area contributed by atoms with Crippen LogP contribution in [0, 0.1) is 6.92 Å². The molecule has 2 atom stereocenters. The maximum atomic E-state index is 11.4. The number of fused-ring (bicyclic) bond motifs is 1. The van der Waals surface area contributed by atoms with Gasteiger partial charge in [-0.3, -0.25) is 14.5 Å². The minimum Gasteiger partial charge on any atom is -0.486 e. The average molecular weight is 419 g/mol. The number of carbonyl (C=O) groups excluding carboxylic acids is 1. The molecule has 2 aromatic carbocycles.